The molecule has 6 nitrogen and oxygen atoms in total. The van der Waals surface area contributed by atoms with E-state index in [-0.39, 0.29) is 17.9 Å². The number of hydrogen-bond acceptors (Lipinski definition) is 6. The first-order chi connectivity index (χ1) is 11.9. The molecule has 3 aromatic rings. The fourth-order valence-corrected chi connectivity index (χ4v) is 3.43. The lowest BCUT2D eigenvalue weighted by molar-refractivity contribution is -0.135. The molecule has 25 heavy (non-hydrogen) atoms. The smallest absolute Gasteiger partial charge is 0.331 e. The SMILES string of the molecule is CC(=O)c1ccc(OC(=O)Cn2cnc3sc(C)c(C)c3c2=O)cc1. The van der Waals surface area contributed by atoms with Gasteiger partial charge in [0, 0.05) is 10.4 Å². The van der Waals surface area contributed by atoms with Gasteiger partial charge < -0.3 is 4.74 Å². The van der Waals surface area contributed by atoms with Crippen LogP contribution >= 0.6 is 11.3 Å². The summed E-state index contributed by atoms with van der Waals surface area (Å²) >= 11 is 1.46. The van der Waals surface area contributed by atoms with Crippen molar-refractivity contribution in [3.8, 4) is 5.75 Å². The Hall–Kier alpha value is -2.80. The molecule has 0 N–H and O–H groups in total. The molecule has 0 radical (unpaired) electrons. The van der Waals surface area contributed by atoms with Gasteiger partial charge in [-0.3, -0.25) is 14.2 Å². The number of thiophene rings is 1. The van der Waals surface area contributed by atoms with Crippen molar-refractivity contribution >= 4 is 33.3 Å². The summed E-state index contributed by atoms with van der Waals surface area (Å²) in [6.07, 6.45) is 1.36. The van der Waals surface area contributed by atoms with E-state index in [0.717, 1.165) is 10.4 Å². The standard InChI is InChI=1S/C18H16N2O4S/c1-10-12(3)25-17-16(10)18(23)20(9-19-17)8-15(22)24-14-6-4-13(5-7-14)11(2)21/h4-7,9H,8H2,1-3H3. The summed E-state index contributed by atoms with van der Waals surface area (Å²) in [6, 6.07) is 6.26. The largest absolute Gasteiger partial charge is 0.425 e. The van der Waals surface area contributed by atoms with Gasteiger partial charge in [0.1, 0.15) is 17.1 Å². The van der Waals surface area contributed by atoms with Crippen molar-refractivity contribution < 1.29 is 14.3 Å². The number of fused-ring (bicyclic) bond motifs is 1. The van der Waals surface area contributed by atoms with Crippen molar-refractivity contribution in [1.82, 2.24) is 9.55 Å². The lowest BCUT2D eigenvalue weighted by Crippen LogP contribution is -2.26. The van der Waals surface area contributed by atoms with E-state index in [9.17, 15) is 14.4 Å². The number of esters is 1. The highest BCUT2D eigenvalue weighted by molar-refractivity contribution is 7.18. The van der Waals surface area contributed by atoms with Gasteiger partial charge in [-0.1, -0.05) is 0 Å². The van der Waals surface area contributed by atoms with Crippen LogP contribution in [0.5, 0.6) is 5.75 Å². The number of rotatable bonds is 4. The molecule has 0 saturated heterocycles. The van der Waals surface area contributed by atoms with Gasteiger partial charge in [0.05, 0.1) is 11.7 Å². The average Bonchev–Trinajstić information content (AvgIpc) is 2.86. The second kappa shape index (κ2) is 6.60. The van der Waals surface area contributed by atoms with E-state index >= 15 is 0 Å². The normalized spacial score (nSPS) is 10.8. The van der Waals surface area contributed by atoms with Crippen LogP contribution in [0.4, 0.5) is 0 Å². The minimum atomic E-state index is -0.580. The zero-order valence-corrected chi connectivity index (χ0v) is 14.8. The second-order valence-corrected chi connectivity index (χ2v) is 6.90. The van der Waals surface area contributed by atoms with Gasteiger partial charge in [-0.05, 0) is 50.6 Å². The maximum atomic E-state index is 12.6. The molecule has 0 aliphatic rings. The van der Waals surface area contributed by atoms with E-state index < -0.39 is 5.97 Å². The molecule has 0 unspecified atom stereocenters. The first kappa shape index (κ1) is 17.0. The quantitative estimate of drug-likeness (QED) is 0.408. The van der Waals surface area contributed by atoms with Crippen molar-refractivity contribution in [2.75, 3.05) is 0 Å². The van der Waals surface area contributed by atoms with Gasteiger partial charge in [0.2, 0.25) is 0 Å². The molecule has 0 bridgehead atoms. The molecule has 0 aliphatic carbocycles. The summed E-state index contributed by atoms with van der Waals surface area (Å²) in [4.78, 5) is 41.9. The number of nitrogens with zero attached hydrogens (tertiary/aromatic N) is 2. The number of ketones is 1. The minimum Gasteiger partial charge on any atom is -0.425 e. The summed E-state index contributed by atoms with van der Waals surface area (Å²) in [5.74, 6) is -0.326. The van der Waals surface area contributed by atoms with E-state index in [1.807, 2.05) is 13.8 Å². The Morgan fingerprint density at radius 3 is 2.52 bits per heavy atom. The van der Waals surface area contributed by atoms with Crippen molar-refractivity contribution in [2.45, 2.75) is 27.3 Å². The summed E-state index contributed by atoms with van der Waals surface area (Å²) in [5, 5.41) is 0.545. The third-order valence-electron chi connectivity index (χ3n) is 3.95. The molecule has 128 valence electrons. The first-order valence-corrected chi connectivity index (χ1v) is 8.45. The predicted octanol–water partition coefficient (Wildman–Crippen LogP) is 2.88. The lowest BCUT2D eigenvalue weighted by atomic mass is 10.1. The van der Waals surface area contributed by atoms with Gasteiger partial charge in [-0.25, -0.2) is 9.78 Å². The summed E-state index contributed by atoms with van der Waals surface area (Å²) < 4.78 is 6.46. The van der Waals surface area contributed by atoms with Crippen LogP contribution in [0.25, 0.3) is 10.2 Å². The summed E-state index contributed by atoms with van der Waals surface area (Å²) in [6.45, 7) is 5.04. The molecule has 0 atom stereocenters. The maximum Gasteiger partial charge on any atom is 0.331 e. The Morgan fingerprint density at radius 2 is 1.88 bits per heavy atom. The zero-order chi connectivity index (χ0) is 18.1. The molecular formula is C18H16N2O4S. The van der Waals surface area contributed by atoms with Gasteiger partial charge >= 0.3 is 5.97 Å². The number of carbonyl (C=O) groups is 2. The fraction of sp³-hybridized carbons (Fsp3) is 0.222. The van der Waals surface area contributed by atoms with E-state index in [2.05, 4.69) is 4.98 Å². The van der Waals surface area contributed by atoms with Crippen LogP contribution in [0.3, 0.4) is 0 Å². The molecule has 2 aromatic heterocycles. The molecule has 2 heterocycles. The third-order valence-corrected chi connectivity index (χ3v) is 5.06. The highest BCUT2D eigenvalue weighted by Gasteiger charge is 2.14. The Balaban J connectivity index is 1.80. The molecule has 3 rings (SSSR count). The monoisotopic (exact) mass is 356 g/mol. The molecule has 0 amide bonds. The Labute approximate surface area is 147 Å². The van der Waals surface area contributed by atoms with Crippen molar-refractivity contribution in [3.63, 3.8) is 0 Å². The molecule has 7 heteroatoms. The number of Topliss-reactive ketones (excluding diaryl/α,β-unsaturated/α-hetero) is 1. The fourth-order valence-electron chi connectivity index (χ4n) is 2.44. The molecule has 0 aliphatic heterocycles. The summed E-state index contributed by atoms with van der Waals surface area (Å²) in [7, 11) is 0. The highest BCUT2D eigenvalue weighted by Crippen LogP contribution is 2.25. The number of aromatic nitrogens is 2. The Bertz CT molecular complexity index is 1030. The van der Waals surface area contributed by atoms with Gasteiger partial charge in [0.25, 0.3) is 5.56 Å². The first-order valence-electron chi connectivity index (χ1n) is 7.63. The maximum absolute atomic E-state index is 12.6. The average molecular weight is 356 g/mol. The van der Waals surface area contributed by atoms with Crippen LogP contribution in [-0.2, 0) is 11.3 Å². The third kappa shape index (κ3) is 3.36. The van der Waals surface area contributed by atoms with E-state index in [0.29, 0.717) is 21.5 Å². The number of ether oxygens (including phenoxy) is 1. The predicted molar refractivity (Wildman–Crippen MR) is 95.4 cm³/mol. The van der Waals surface area contributed by atoms with Crippen LogP contribution in [0.15, 0.2) is 35.4 Å². The molecule has 0 saturated carbocycles. The second-order valence-electron chi connectivity index (χ2n) is 5.70. The Morgan fingerprint density at radius 1 is 1.20 bits per heavy atom. The molecule has 1 aromatic carbocycles. The van der Waals surface area contributed by atoms with Gasteiger partial charge in [-0.2, -0.15) is 0 Å². The molecule has 0 fully saturated rings. The number of aryl methyl sites for hydroxylation is 2. The summed E-state index contributed by atoms with van der Waals surface area (Å²) in [5.41, 5.74) is 1.17. The van der Waals surface area contributed by atoms with Crippen LogP contribution in [0.1, 0.15) is 27.7 Å². The lowest BCUT2D eigenvalue weighted by Gasteiger charge is -2.07. The van der Waals surface area contributed by atoms with Gasteiger partial charge in [0.15, 0.2) is 5.78 Å². The van der Waals surface area contributed by atoms with E-state index in [4.69, 9.17) is 4.74 Å². The van der Waals surface area contributed by atoms with Crippen molar-refractivity contribution in [2.24, 2.45) is 0 Å². The van der Waals surface area contributed by atoms with E-state index in [1.165, 1.54) is 29.2 Å². The van der Waals surface area contributed by atoms with Crippen LogP contribution in [0.2, 0.25) is 0 Å². The number of carbonyl (C=O) groups excluding carboxylic acids is 2. The number of benzene rings is 1. The number of hydrogen-bond donors (Lipinski definition) is 0. The van der Waals surface area contributed by atoms with Crippen LogP contribution < -0.4 is 10.3 Å². The zero-order valence-electron chi connectivity index (χ0n) is 14.0. The minimum absolute atomic E-state index is 0.0646. The van der Waals surface area contributed by atoms with Crippen molar-refractivity contribution in [1.29, 1.82) is 0 Å². The van der Waals surface area contributed by atoms with E-state index in [1.54, 1.807) is 24.3 Å². The topological polar surface area (TPSA) is 78.3 Å². The van der Waals surface area contributed by atoms with Gasteiger partial charge in [-0.15, -0.1) is 11.3 Å². The van der Waals surface area contributed by atoms with Crippen LogP contribution in [-0.4, -0.2) is 21.3 Å². The molecular weight excluding hydrogens is 340 g/mol. The van der Waals surface area contributed by atoms with Crippen LogP contribution in [0, 0.1) is 13.8 Å². The highest BCUT2D eigenvalue weighted by atomic mass is 32.1. The van der Waals surface area contributed by atoms with Crippen molar-refractivity contribution in [3.05, 3.63) is 57.0 Å². The molecule has 0 spiro atoms. The Kier molecular flexibility index (Phi) is 4.50.